The summed E-state index contributed by atoms with van der Waals surface area (Å²) in [5.74, 6) is -2.51. The number of esters is 4. The van der Waals surface area contributed by atoms with Crippen LogP contribution in [0.4, 0.5) is 0 Å². The number of carbonyl (C=O) groups excluding carboxylic acids is 4. The summed E-state index contributed by atoms with van der Waals surface area (Å²) in [5.41, 5.74) is 0. The molecule has 19 heteroatoms. The van der Waals surface area contributed by atoms with Crippen LogP contribution in [0.3, 0.4) is 0 Å². The van der Waals surface area contributed by atoms with Gasteiger partial charge in [0.2, 0.25) is 0 Å². The molecule has 0 spiro atoms. The van der Waals surface area contributed by atoms with Gasteiger partial charge in [0.25, 0.3) is 0 Å². The number of allylic oxidation sites excluding steroid dienone is 40. The van der Waals surface area contributed by atoms with Crippen molar-refractivity contribution in [1.82, 2.24) is 0 Å². The van der Waals surface area contributed by atoms with Crippen LogP contribution in [0.15, 0.2) is 243 Å². The van der Waals surface area contributed by atoms with Gasteiger partial charge in [0.05, 0.1) is 26.4 Å². The molecule has 17 nitrogen and oxygen atoms in total. The second-order valence-corrected chi connectivity index (χ2v) is 29.8. The van der Waals surface area contributed by atoms with Crippen molar-refractivity contribution in [3.05, 3.63) is 243 Å². The molecular formula is C95H146O17P2. The standard InChI is InChI=1S/C95H146O17P2/c1-5-9-13-17-21-25-29-33-37-41-44-48-51-55-59-63-67-71-75-79-92(97)105-85-90(111-94(99)81-77-73-69-65-61-57-53-47-40-36-32-28-24-20-16-12-8-4)87-109-113(101,102)107-83-89(96)84-108-114(103,104)110-88-91(112-95(100)82-78-74-70-66-62-58-54-50-46-43-39-35-31-27-23-19-15-11-7-3)86-106-93(98)80-76-72-68-64-60-56-52-49-45-42-38-34-30-26-22-18-14-10-6-2/h9-10,13-14,21-28,33-40,44-46,48-50,53,55-60,62,65,68-70,72,74,89-91,96H,5-8,11-12,15-20,29-32,41-43,47,51-52,54,61,63-64,66-67,71,73,75-88H2,1-4H3,(H,101,102)(H,103,104)/b13-9-,14-10-,25-21-,26-22-,27-23-,28-24-,37-33-,38-34-,39-35-,40-36-,48-44-,49-45-,50-46-,57-53-,59-55-,60-56-,62-58-,69-65-,72-68-,74-70-/t89-,90+,91+/m0/s1. The van der Waals surface area contributed by atoms with Gasteiger partial charge in [0.15, 0.2) is 12.2 Å². The molecule has 0 aromatic carbocycles. The van der Waals surface area contributed by atoms with Crippen molar-refractivity contribution in [2.45, 2.75) is 290 Å². The van der Waals surface area contributed by atoms with Crippen molar-refractivity contribution >= 4 is 39.5 Å². The van der Waals surface area contributed by atoms with Gasteiger partial charge in [-0.25, -0.2) is 9.13 Å². The van der Waals surface area contributed by atoms with Crippen molar-refractivity contribution < 1.29 is 80.2 Å². The van der Waals surface area contributed by atoms with Crippen LogP contribution >= 0.6 is 15.6 Å². The molecular weight excluding hydrogens is 1470 g/mol. The Morgan fingerprint density at radius 3 is 0.781 bits per heavy atom. The predicted molar refractivity (Wildman–Crippen MR) is 472 cm³/mol. The highest BCUT2D eigenvalue weighted by Gasteiger charge is 2.30. The quantitative estimate of drug-likeness (QED) is 0.0169. The second-order valence-electron chi connectivity index (χ2n) is 26.9. The van der Waals surface area contributed by atoms with Crippen molar-refractivity contribution in [3.8, 4) is 0 Å². The van der Waals surface area contributed by atoms with E-state index in [4.69, 9.17) is 37.0 Å². The lowest BCUT2D eigenvalue weighted by Crippen LogP contribution is -2.30. The lowest BCUT2D eigenvalue weighted by atomic mass is 10.1. The Labute approximate surface area is 688 Å². The Hall–Kier alpha value is -7.14. The Balaban J connectivity index is 5.64. The first-order valence-corrected chi connectivity index (χ1v) is 45.3. The highest BCUT2D eigenvalue weighted by atomic mass is 31.2. The number of carbonyl (C=O) groups is 4. The topological polar surface area (TPSA) is 237 Å². The van der Waals surface area contributed by atoms with E-state index in [1.165, 1.54) is 38.5 Å². The van der Waals surface area contributed by atoms with E-state index in [1.54, 1.807) is 0 Å². The number of ether oxygens (including phenoxy) is 4. The zero-order valence-corrected chi connectivity index (χ0v) is 71.7. The van der Waals surface area contributed by atoms with E-state index in [0.717, 1.165) is 135 Å². The van der Waals surface area contributed by atoms with Crippen LogP contribution in [0.5, 0.6) is 0 Å². The first kappa shape index (κ1) is 107. The molecule has 0 fully saturated rings. The fraction of sp³-hybridized carbons (Fsp3) is 0.537. The Bertz CT molecular complexity index is 3120. The average Bonchev–Trinajstić information content (AvgIpc) is 0.899. The molecule has 0 amide bonds. The van der Waals surface area contributed by atoms with Gasteiger partial charge in [0.1, 0.15) is 19.3 Å². The van der Waals surface area contributed by atoms with E-state index < -0.39 is 97.5 Å². The van der Waals surface area contributed by atoms with Gasteiger partial charge < -0.3 is 33.8 Å². The van der Waals surface area contributed by atoms with Gasteiger partial charge in [-0.05, 0) is 186 Å². The van der Waals surface area contributed by atoms with Gasteiger partial charge >= 0.3 is 39.5 Å². The van der Waals surface area contributed by atoms with Crippen molar-refractivity contribution in [2.24, 2.45) is 0 Å². The molecule has 0 aliphatic carbocycles. The van der Waals surface area contributed by atoms with Crippen molar-refractivity contribution in [2.75, 3.05) is 39.6 Å². The first-order chi connectivity index (χ1) is 55.7. The van der Waals surface area contributed by atoms with E-state index >= 15 is 0 Å². The summed E-state index contributed by atoms with van der Waals surface area (Å²) in [5, 5.41) is 10.7. The fourth-order valence-electron chi connectivity index (χ4n) is 9.95. The maximum atomic E-state index is 13.1. The molecule has 0 rings (SSSR count). The first-order valence-electron chi connectivity index (χ1n) is 42.3. The van der Waals surface area contributed by atoms with Gasteiger partial charge in [-0.3, -0.25) is 37.3 Å². The van der Waals surface area contributed by atoms with E-state index in [1.807, 2.05) is 48.6 Å². The summed E-state index contributed by atoms with van der Waals surface area (Å²) in [6.07, 6.45) is 110. The Morgan fingerprint density at radius 1 is 0.254 bits per heavy atom. The van der Waals surface area contributed by atoms with Gasteiger partial charge in [0, 0.05) is 25.7 Å². The molecule has 0 saturated heterocycles. The van der Waals surface area contributed by atoms with Gasteiger partial charge in [-0.2, -0.15) is 0 Å². The minimum atomic E-state index is -5.04. The molecule has 0 heterocycles. The summed E-state index contributed by atoms with van der Waals surface area (Å²) >= 11 is 0. The van der Waals surface area contributed by atoms with Crippen LogP contribution in [-0.2, 0) is 65.4 Å². The molecule has 0 aromatic rings. The maximum Gasteiger partial charge on any atom is 0.472 e. The van der Waals surface area contributed by atoms with E-state index in [-0.39, 0.29) is 25.7 Å². The molecule has 2 unspecified atom stereocenters. The van der Waals surface area contributed by atoms with Crippen LogP contribution in [-0.4, -0.2) is 96.7 Å². The molecule has 0 aromatic heterocycles. The molecule has 0 aliphatic rings. The smallest absolute Gasteiger partial charge is 0.462 e. The summed E-state index contributed by atoms with van der Waals surface area (Å²) in [6.45, 7) is 4.28. The van der Waals surface area contributed by atoms with Gasteiger partial charge in [-0.1, -0.05) is 303 Å². The molecule has 0 saturated carbocycles. The van der Waals surface area contributed by atoms with Crippen molar-refractivity contribution in [3.63, 3.8) is 0 Å². The lowest BCUT2D eigenvalue weighted by molar-refractivity contribution is -0.161. The number of phosphoric ester groups is 2. The van der Waals surface area contributed by atoms with Crippen LogP contribution < -0.4 is 0 Å². The van der Waals surface area contributed by atoms with Crippen LogP contribution in [0.2, 0.25) is 0 Å². The number of aliphatic hydroxyl groups excluding tert-OH is 1. The number of hydrogen-bond donors (Lipinski definition) is 3. The molecule has 0 radical (unpaired) electrons. The number of unbranched alkanes of at least 4 members (excludes halogenated alkanes) is 10. The number of rotatable bonds is 76. The number of phosphoric acid groups is 2. The molecule has 0 aliphatic heterocycles. The van der Waals surface area contributed by atoms with Crippen LogP contribution in [0, 0.1) is 0 Å². The number of aliphatic hydroxyl groups is 1. The third-order valence-electron chi connectivity index (χ3n) is 16.3. The average molecular weight is 1620 g/mol. The monoisotopic (exact) mass is 1620 g/mol. The third kappa shape index (κ3) is 82.8. The van der Waals surface area contributed by atoms with Crippen molar-refractivity contribution in [1.29, 1.82) is 0 Å². The molecule has 3 N–H and O–H groups in total. The zero-order valence-electron chi connectivity index (χ0n) is 69.9. The summed E-state index contributed by atoms with van der Waals surface area (Å²) in [4.78, 5) is 73.2. The summed E-state index contributed by atoms with van der Waals surface area (Å²) < 4.78 is 68.5. The summed E-state index contributed by atoms with van der Waals surface area (Å²) in [6, 6.07) is 0. The SMILES string of the molecule is CC/C=C\C/C=C\C/C=C\C/C=C\C/C=C\C/C=C\CCC(=O)OC[C@H](COP(=O)(O)OC[C@@H](O)COP(=O)(O)OC[C@@H](COC(=O)CCCCC/C=C\C/C=C\C/C=C\C/C=C\C/C=C\CC)OC(=O)CCC/C=C\C/C=C\C/C=C\C/C=C\CCCCC)OC(=O)CC/C=C\C/C=C\C/C=C\C/C=C\C/C=C\CCCCC. The van der Waals surface area contributed by atoms with E-state index in [2.05, 4.69) is 222 Å². The highest BCUT2D eigenvalue weighted by molar-refractivity contribution is 7.47. The lowest BCUT2D eigenvalue weighted by Gasteiger charge is -2.21. The Morgan fingerprint density at radius 2 is 0.482 bits per heavy atom. The maximum absolute atomic E-state index is 13.1. The van der Waals surface area contributed by atoms with E-state index in [0.29, 0.717) is 44.9 Å². The predicted octanol–water partition coefficient (Wildman–Crippen LogP) is 25.6. The minimum Gasteiger partial charge on any atom is -0.462 e. The molecule has 114 heavy (non-hydrogen) atoms. The van der Waals surface area contributed by atoms with E-state index in [9.17, 15) is 43.2 Å². The van der Waals surface area contributed by atoms with Gasteiger partial charge in [-0.15, -0.1) is 0 Å². The normalized spacial score (nSPS) is 15.0. The Kier molecular flexibility index (Phi) is 78.5. The highest BCUT2D eigenvalue weighted by Crippen LogP contribution is 2.45. The van der Waals surface area contributed by atoms with Crippen LogP contribution in [0.1, 0.15) is 272 Å². The molecule has 638 valence electrons. The zero-order chi connectivity index (χ0) is 83.1. The number of hydrogen-bond acceptors (Lipinski definition) is 15. The largest absolute Gasteiger partial charge is 0.472 e. The third-order valence-corrected chi connectivity index (χ3v) is 18.2. The minimum absolute atomic E-state index is 0.00365. The second kappa shape index (κ2) is 83.8. The molecule has 0 bridgehead atoms. The molecule has 5 atom stereocenters. The van der Waals surface area contributed by atoms with Crippen LogP contribution in [0.25, 0.3) is 0 Å². The summed E-state index contributed by atoms with van der Waals surface area (Å²) in [7, 11) is -10.1. The fourth-order valence-corrected chi connectivity index (χ4v) is 11.5.